The average Bonchev–Trinajstić information content (AvgIpc) is 2.66. The second-order valence-electron chi connectivity index (χ2n) is 5.46. The molecule has 0 spiro atoms. The molecule has 1 N–H and O–H groups in total. The lowest BCUT2D eigenvalue weighted by Crippen LogP contribution is -2.23. The summed E-state index contributed by atoms with van der Waals surface area (Å²) in [4.78, 5) is 16.2. The molecular formula is C20H17ClN2O2. The monoisotopic (exact) mass is 352 g/mol. The van der Waals surface area contributed by atoms with Gasteiger partial charge < -0.3 is 10.1 Å². The Balaban J connectivity index is 1.52. The van der Waals surface area contributed by atoms with Crippen molar-refractivity contribution in [2.24, 2.45) is 0 Å². The molecule has 0 aliphatic rings. The zero-order valence-electron chi connectivity index (χ0n) is 13.5. The standard InChI is InChI=1S/C20H17ClN2O2/c21-19-6-2-1-5-18(19)20(24)23-13-15-7-9-17(10-8-15)25-14-16-4-3-11-22-12-16/h1-12H,13-14H2,(H,23,24). The fraction of sp³-hybridized carbons (Fsp3) is 0.100. The summed E-state index contributed by atoms with van der Waals surface area (Å²) in [6, 6.07) is 18.4. The van der Waals surface area contributed by atoms with Gasteiger partial charge in [-0.25, -0.2) is 0 Å². The molecule has 0 bridgehead atoms. The van der Waals surface area contributed by atoms with Gasteiger partial charge >= 0.3 is 0 Å². The summed E-state index contributed by atoms with van der Waals surface area (Å²) in [6.45, 7) is 0.892. The van der Waals surface area contributed by atoms with E-state index in [0.717, 1.165) is 16.9 Å². The molecule has 1 heterocycles. The van der Waals surface area contributed by atoms with E-state index in [0.29, 0.717) is 23.7 Å². The second kappa shape index (κ2) is 8.31. The first kappa shape index (κ1) is 17.0. The summed E-state index contributed by atoms with van der Waals surface area (Å²) >= 11 is 6.03. The van der Waals surface area contributed by atoms with Gasteiger partial charge in [0.25, 0.3) is 5.91 Å². The van der Waals surface area contributed by atoms with Crippen LogP contribution in [0.25, 0.3) is 0 Å². The molecule has 0 atom stereocenters. The van der Waals surface area contributed by atoms with Gasteiger partial charge in [0.15, 0.2) is 0 Å². The normalized spacial score (nSPS) is 10.3. The van der Waals surface area contributed by atoms with Gasteiger partial charge in [0.05, 0.1) is 10.6 Å². The van der Waals surface area contributed by atoms with Crippen molar-refractivity contribution >= 4 is 17.5 Å². The molecule has 0 aliphatic carbocycles. The van der Waals surface area contributed by atoms with Crippen LogP contribution in [0.1, 0.15) is 21.5 Å². The number of aromatic nitrogens is 1. The van der Waals surface area contributed by atoms with Crippen LogP contribution in [-0.2, 0) is 13.2 Å². The van der Waals surface area contributed by atoms with Crippen molar-refractivity contribution in [2.45, 2.75) is 13.2 Å². The third-order valence-corrected chi connectivity index (χ3v) is 3.95. The second-order valence-corrected chi connectivity index (χ2v) is 5.86. The molecule has 5 heteroatoms. The van der Waals surface area contributed by atoms with Crippen molar-refractivity contribution in [3.63, 3.8) is 0 Å². The molecule has 1 aromatic heterocycles. The van der Waals surface area contributed by atoms with Gasteiger partial charge in [0, 0.05) is 24.5 Å². The number of nitrogens with zero attached hydrogens (tertiary/aromatic N) is 1. The van der Waals surface area contributed by atoms with Crippen LogP contribution in [0.3, 0.4) is 0 Å². The smallest absolute Gasteiger partial charge is 0.253 e. The average molecular weight is 353 g/mol. The van der Waals surface area contributed by atoms with Gasteiger partial charge in [0.1, 0.15) is 12.4 Å². The zero-order chi connectivity index (χ0) is 17.5. The van der Waals surface area contributed by atoms with E-state index in [1.165, 1.54) is 0 Å². The minimum Gasteiger partial charge on any atom is -0.489 e. The first-order valence-electron chi connectivity index (χ1n) is 7.86. The molecule has 4 nitrogen and oxygen atoms in total. The van der Waals surface area contributed by atoms with Crippen LogP contribution >= 0.6 is 11.6 Å². The molecular weight excluding hydrogens is 336 g/mol. The van der Waals surface area contributed by atoms with Crippen molar-refractivity contribution in [3.05, 3.63) is 94.8 Å². The number of ether oxygens (including phenoxy) is 1. The number of nitrogens with one attached hydrogen (secondary N) is 1. The molecule has 0 radical (unpaired) electrons. The Bertz CT molecular complexity index is 836. The topological polar surface area (TPSA) is 51.2 Å². The summed E-state index contributed by atoms with van der Waals surface area (Å²) in [5.74, 6) is 0.576. The predicted octanol–water partition coefficient (Wildman–Crippen LogP) is 4.24. The van der Waals surface area contributed by atoms with Crippen LogP contribution in [0.2, 0.25) is 5.02 Å². The highest BCUT2D eigenvalue weighted by Crippen LogP contribution is 2.16. The summed E-state index contributed by atoms with van der Waals surface area (Å²) in [7, 11) is 0. The van der Waals surface area contributed by atoms with Crippen molar-refractivity contribution in [2.75, 3.05) is 0 Å². The summed E-state index contributed by atoms with van der Waals surface area (Å²) in [5, 5.41) is 3.30. The molecule has 1 amide bonds. The van der Waals surface area contributed by atoms with E-state index in [4.69, 9.17) is 16.3 Å². The van der Waals surface area contributed by atoms with E-state index in [-0.39, 0.29) is 5.91 Å². The third kappa shape index (κ3) is 4.81. The van der Waals surface area contributed by atoms with Gasteiger partial charge in [0.2, 0.25) is 0 Å². The summed E-state index contributed by atoms with van der Waals surface area (Å²) in [5.41, 5.74) is 2.47. The Morgan fingerprint density at radius 1 is 1.00 bits per heavy atom. The first-order chi connectivity index (χ1) is 12.2. The number of hydrogen-bond acceptors (Lipinski definition) is 3. The third-order valence-electron chi connectivity index (χ3n) is 3.62. The fourth-order valence-electron chi connectivity index (χ4n) is 2.28. The molecule has 0 unspecified atom stereocenters. The Labute approximate surface area is 151 Å². The van der Waals surface area contributed by atoms with E-state index in [9.17, 15) is 4.79 Å². The molecule has 2 aromatic carbocycles. The van der Waals surface area contributed by atoms with E-state index in [1.807, 2.05) is 36.4 Å². The number of benzene rings is 2. The number of rotatable bonds is 6. The maximum atomic E-state index is 12.1. The summed E-state index contributed by atoms with van der Waals surface area (Å²) in [6.07, 6.45) is 3.51. The van der Waals surface area contributed by atoms with Crippen molar-refractivity contribution in [3.8, 4) is 5.75 Å². The van der Waals surface area contributed by atoms with Crippen LogP contribution in [0.5, 0.6) is 5.75 Å². The van der Waals surface area contributed by atoms with Gasteiger partial charge in [-0.05, 0) is 35.9 Å². The molecule has 0 fully saturated rings. The van der Waals surface area contributed by atoms with Crippen molar-refractivity contribution < 1.29 is 9.53 Å². The highest BCUT2D eigenvalue weighted by molar-refractivity contribution is 6.33. The van der Waals surface area contributed by atoms with Gasteiger partial charge in [-0.3, -0.25) is 9.78 Å². The number of hydrogen-bond donors (Lipinski definition) is 1. The number of pyridine rings is 1. The first-order valence-corrected chi connectivity index (χ1v) is 8.23. The van der Waals surface area contributed by atoms with E-state index >= 15 is 0 Å². The molecule has 0 aliphatic heterocycles. The Morgan fingerprint density at radius 2 is 1.80 bits per heavy atom. The lowest BCUT2D eigenvalue weighted by atomic mass is 10.2. The lowest BCUT2D eigenvalue weighted by Gasteiger charge is -2.09. The molecule has 0 saturated carbocycles. The van der Waals surface area contributed by atoms with Gasteiger partial charge in [-0.15, -0.1) is 0 Å². The molecule has 3 rings (SSSR count). The van der Waals surface area contributed by atoms with Crippen LogP contribution in [0, 0.1) is 0 Å². The van der Waals surface area contributed by atoms with E-state index in [1.54, 1.807) is 36.7 Å². The highest BCUT2D eigenvalue weighted by Gasteiger charge is 2.08. The van der Waals surface area contributed by atoms with Crippen LogP contribution < -0.4 is 10.1 Å². The Morgan fingerprint density at radius 3 is 2.52 bits per heavy atom. The van der Waals surface area contributed by atoms with Gasteiger partial charge in [-0.2, -0.15) is 0 Å². The lowest BCUT2D eigenvalue weighted by molar-refractivity contribution is 0.0951. The zero-order valence-corrected chi connectivity index (χ0v) is 14.2. The molecule has 0 saturated heterocycles. The van der Waals surface area contributed by atoms with Gasteiger partial charge in [-0.1, -0.05) is 41.9 Å². The number of carbonyl (C=O) groups excluding carboxylic acids is 1. The summed E-state index contributed by atoms with van der Waals surface area (Å²) < 4.78 is 5.71. The van der Waals surface area contributed by atoms with Crippen LogP contribution in [0.15, 0.2) is 73.1 Å². The molecule has 126 valence electrons. The molecule has 3 aromatic rings. The SMILES string of the molecule is O=C(NCc1ccc(OCc2cccnc2)cc1)c1ccccc1Cl. The minimum atomic E-state index is -0.192. The highest BCUT2D eigenvalue weighted by atomic mass is 35.5. The quantitative estimate of drug-likeness (QED) is 0.721. The van der Waals surface area contributed by atoms with Crippen LogP contribution in [-0.4, -0.2) is 10.9 Å². The largest absolute Gasteiger partial charge is 0.489 e. The maximum Gasteiger partial charge on any atom is 0.253 e. The predicted molar refractivity (Wildman–Crippen MR) is 97.6 cm³/mol. The number of amides is 1. The fourth-order valence-corrected chi connectivity index (χ4v) is 2.50. The Hall–Kier alpha value is -2.85. The Kier molecular flexibility index (Phi) is 5.65. The number of halogens is 1. The van der Waals surface area contributed by atoms with Crippen molar-refractivity contribution in [1.29, 1.82) is 0 Å². The minimum absolute atomic E-state index is 0.192. The molecule has 25 heavy (non-hydrogen) atoms. The van der Waals surface area contributed by atoms with Crippen molar-refractivity contribution in [1.82, 2.24) is 10.3 Å². The maximum absolute atomic E-state index is 12.1. The van der Waals surface area contributed by atoms with Crippen LogP contribution in [0.4, 0.5) is 0 Å². The number of carbonyl (C=O) groups is 1. The van der Waals surface area contributed by atoms with E-state index < -0.39 is 0 Å². The van der Waals surface area contributed by atoms with E-state index in [2.05, 4.69) is 10.3 Å².